The van der Waals surface area contributed by atoms with Crippen LogP contribution in [0.15, 0.2) is 65.5 Å². The Kier molecular flexibility index (Phi) is 3.92. The summed E-state index contributed by atoms with van der Waals surface area (Å²) in [5.41, 5.74) is 1.65. The van der Waals surface area contributed by atoms with E-state index in [-0.39, 0.29) is 5.56 Å². The molecule has 0 saturated heterocycles. The van der Waals surface area contributed by atoms with Gasteiger partial charge in [0.25, 0.3) is 5.56 Å². The van der Waals surface area contributed by atoms with Crippen LogP contribution in [-0.2, 0) is 7.05 Å². The van der Waals surface area contributed by atoms with Crippen LogP contribution < -0.4 is 5.56 Å². The Labute approximate surface area is 138 Å². The fraction of sp³-hybridized carbons (Fsp3) is 0.0556. The molecular formula is C18H13N3OS. The molecule has 0 N–H and O–H groups in total. The Morgan fingerprint density at radius 2 is 1.57 bits per heavy atom. The number of benzene rings is 2. The summed E-state index contributed by atoms with van der Waals surface area (Å²) in [7, 11) is 1.77. The summed E-state index contributed by atoms with van der Waals surface area (Å²) in [5.74, 6) is 0. The lowest BCUT2D eigenvalue weighted by Crippen LogP contribution is -2.27. The largest absolute Gasteiger partial charge is 0.319 e. The maximum Gasteiger partial charge on any atom is 0.277 e. The van der Waals surface area contributed by atoms with Gasteiger partial charge in [-0.2, -0.15) is 5.26 Å². The Bertz CT molecular complexity index is 1010. The summed E-state index contributed by atoms with van der Waals surface area (Å²) < 4.78 is 3.44. The molecule has 0 atom stereocenters. The predicted molar refractivity (Wildman–Crippen MR) is 92.0 cm³/mol. The molecule has 112 valence electrons. The van der Waals surface area contributed by atoms with Gasteiger partial charge in [-0.3, -0.25) is 9.36 Å². The van der Waals surface area contributed by atoms with Crippen molar-refractivity contribution in [1.29, 1.82) is 5.26 Å². The standard InChI is InChI=1S/C18H13N3OS/c1-20-16(13-8-4-2-5-9-13)15(12-19)17(22)21(18(20)23)14-10-6-3-7-11-14/h2-11H,1H3. The number of rotatable bonds is 2. The van der Waals surface area contributed by atoms with E-state index in [1.165, 1.54) is 4.57 Å². The van der Waals surface area contributed by atoms with Gasteiger partial charge in [-0.15, -0.1) is 0 Å². The highest BCUT2D eigenvalue weighted by Gasteiger charge is 2.17. The Morgan fingerprint density at radius 3 is 2.13 bits per heavy atom. The van der Waals surface area contributed by atoms with Crippen LogP contribution in [0.4, 0.5) is 0 Å². The molecule has 1 heterocycles. The van der Waals surface area contributed by atoms with Gasteiger partial charge in [0.1, 0.15) is 11.6 Å². The third-order valence-corrected chi connectivity index (χ3v) is 4.10. The highest BCUT2D eigenvalue weighted by Crippen LogP contribution is 2.21. The second-order valence-corrected chi connectivity index (χ2v) is 5.38. The quantitative estimate of drug-likeness (QED) is 0.680. The molecule has 1 aromatic heterocycles. The van der Waals surface area contributed by atoms with Crippen molar-refractivity contribution in [3.8, 4) is 23.0 Å². The Morgan fingerprint density at radius 1 is 1.00 bits per heavy atom. The summed E-state index contributed by atoms with van der Waals surface area (Å²) in [6, 6.07) is 20.5. The SMILES string of the molecule is Cn1c(-c2ccccc2)c(C#N)c(=O)n(-c2ccccc2)c1=S. The minimum absolute atomic E-state index is 0.0798. The molecular weight excluding hydrogens is 306 g/mol. The van der Waals surface area contributed by atoms with Gasteiger partial charge < -0.3 is 4.57 Å². The Balaban J connectivity index is 2.43. The molecule has 0 radical (unpaired) electrons. The van der Waals surface area contributed by atoms with E-state index in [9.17, 15) is 10.1 Å². The highest BCUT2D eigenvalue weighted by molar-refractivity contribution is 7.71. The van der Waals surface area contributed by atoms with E-state index in [4.69, 9.17) is 12.2 Å². The van der Waals surface area contributed by atoms with Gasteiger partial charge >= 0.3 is 0 Å². The van der Waals surface area contributed by atoms with E-state index in [2.05, 4.69) is 0 Å². The molecule has 0 aliphatic rings. The van der Waals surface area contributed by atoms with Gasteiger partial charge in [-0.25, -0.2) is 0 Å². The molecule has 2 aromatic carbocycles. The van der Waals surface area contributed by atoms with Crippen LogP contribution in [-0.4, -0.2) is 9.13 Å². The second-order valence-electron chi connectivity index (χ2n) is 5.02. The van der Waals surface area contributed by atoms with Gasteiger partial charge in [0.2, 0.25) is 0 Å². The van der Waals surface area contributed by atoms with E-state index in [0.717, 1.165) is 5.56 Å². The van der Waals surface area contributed by atoms with E-state index in [0.29, 0.717) is 16.2 Å². The second kappa shape index (κ2) is 6.03. The average Bonchev–Trinajstić information content (AvgIpc) is 2.59. The molecule has 0 saturated carbocycles. The van der Waals surface area contributed by atoms with Crippen LogP contribution in [0.25, 0.3) is 16.9 Å². The van der Waals surface area contributed by atoms with Crippen molar-refractivity contribution in [2.75, 3.05) is 0 Å². The molecule has 3 aromatic rings. The topological polar surface area (TPSA) is 50.7 Å². The maximum absolute atomic E-state index is 12.8. The summed E-state index contributed by atoms with van der Waals surface area (Å²) in [5, 5.41) is 9.54. The molecule has 0 spiro atoms. The van der Waals surface area contributed by atoms with E-state index < -0.39 is 5.56 Å². The van der Waals surface area contributed by atoms with Crippen molar-refractivity contribution < 1.29 is 0 Å². The number of hydrogen-bond donors (Lipinski definition) is 0. The van der Waals surface area contributed by atoms with Gasteiger partial charge in [0, 0.05) is 7.05 Å². The molecule has 3 rings (SSSR count). The first kappa shape index (κ1) is 14.9. The summed E-state index contributed by atoms with van der Waals surface area (Å²) >= 11 is 5.47. The number of para-hydroxylation sites is 1. The van der Waals surface area contributed by atoms with Crippen molar-refractivity contribution in [2.45, 2.75) is 0 Å². The fourth-order valence-electron chi connectivity index (χ4n) is 2.55. The van der Waals surface area contributed by atoms with Crippen LogP contribution in [0.2, 0.25) is 0 Å². The zero-order chi connectivity index (χ0) is 16.4. The van der Waals surface area contributed by atoms with Crippen LogP contribution in [0.3, 0.4) is 0 Å². The van der Waals surface area contributed by atoms with Crippen LogP contribution in [0, 0.1) is 16.1 Å². The van der Waals surface area contributed by atoms with E-state index in [1.807, 2.05) is 54.6 Å². The van der Waals surface area contributed by atoms with E-state index in [1.54, 1.807) is 23.7 Å². The van der Waals surface area contributed by atoms with Gasteiger partial charge in [0.15, 0.2) is 4.77 Å². The number of nitriles is 1. The first-order valence-electron chi connectivity index (χ1n) is 7.02. The minimum atomic E-state index is -0.402. The lowest BCUT2D eigenvalue weighted by molar-refractivity contribution is 0.776. The third-order valence-electron chi connectivity index (χ3n) is 3.64. The van der Waals surface area contributed by atoms with Gasteiger partial charge in [-0.1, -0.05) is 48.5 Å². The molecule has 0 unspecified atom stereocenters. The van der Waals surface area contributed by atoms with Gasteiger partial charge in [0.05, 0.1) is 11.4 Å². The molecule has 0 amide bonds. The summed E-state index contributed by atoms with van der Waals surface area (Å²) in [4.78, 5) is 12.8. The van der Waals surface area contributed by atoms with Crippen molar-refractivity contribution in [2.24, 2.45) is 7.05 Å². The van der Waals surface area contributed by atoms with Crippen molar-refractivity contribution in [3.63, 3.8) is 0 Å². The minimum Gasteiger partial charge on any atom is -0.319 e. The number of nitrogens with zero attached hydrogens (tertiary/aromatic N) is 3. The van der Waals surface area contributed by atoms with Crippen molar-refractivity contribution in [3.05, 3.63) is 81.4 Å². The Hall–Kier alpha value is -2.97. The molecule has 5 heteroatoms. The number of aromatic nitrogens is 2. The first-order valence-corrected chi connectivity index (χ1v) is 7.43. The highest BCUT2D eigenvalue weighted by atomic mass is 32.1. The van der Waals surface area contributed by atoms with Crippen molar-refractivity contribution in [1.82, 2.24) is 9.13 Å². The van der Waals surface area contributed by atoms with Crippen molar-refractivity contribution >= 4 is 12.2 Å². The van der Waals surface area contributed by atoms with Crippen LogP contribution in [0.5, 0.6) is 0 Å². The maximum atomic E-state index is 12.8. The molecule has 0 aliphatic carbocycles. The first-order chi connectivity index (χ1) is 11.1. The normalized spacial score (nSPS) is 10.3. The van der Waals surface area contributed by atoms with Crippen LogP contribution in [0.1, 0.15) is 5.56 Å². The van der Waals surface area contributed by atoms with Gasteiger partial charge in [-0.05, 0) is 29.9 Å². The fourth-order valence-corrected chi connectivity index (χ4v) is 2.83. The molecule has 0 bridgehead atoms. The van der Waals surface area contributed by atoms with E-state index >= 15 is 0 Å². The smallest absolute Gasteiger partial charge is 0.277 e. The zero-order valence-electron chi connectivity index (χ0n) is 12.4. The molecule has 23 heavy (non-hydrogen) atoms. The monoisotopic (exact) mass is 319 g/mol. The summed E-state index contributed by atoms with van der Waals surface area (Å²) in [6.07, 6.45) is 0. The van der Waals surface area contributed by atoms with Crippen LogP contribution >= 0.6 is 12.2 Å². The predicted octanol–water partition coefficient (Wildman–Crippen LogP) is 3.44. The zero-order valence-corrected chi connectivity index (χ0v) is 13.2. The molecule has 4 nitrogen and oxygen atoms in total. The lowest BCUT2D eigenvalue weighted by atomic mass is 10.1. The summed E-state index contributed by atoms with van der Waals surface area (Å²) in [6.45, 7) is 0. The lowest BCUT2D eigenvalue weighted by Gasteiger charge is -2.15. The average molecular weight is 319 g/mol. The molecule has 0 aliphatic heterocycles. The number of hydrogen-bond acceptors (Lipinski definition) is 3. The third kappa shape index (κ3) is 2.50. The molecule has 0 fully saturated rings.